The Morgan fingerprint density at radius 1 is 1.00 bits per heavy atom. The molecular weight excluding hydrogens is 441 g/mol. The van der Waals surface area contributed by atoms with Gasteiger partial charge in [-0.05, 0) is 50.2 Å². The molecule has 1 fully saturated rings. The Kier molecular flexibility index (Phi) is 6.43. The van der Waals surface area contributed by atoms with E-state index < -0.39 is 41.0 Å². The number of hydrogen-bond acceptors (Lipinski definition) is 4. The van der Waals surface area contributed by atoms with Crippen LogP contribution in [0.3, 0.4) is 0 Å². The van der Waals surface area contributed by atoms with Gasteiger partial charge in [0.15, 0.2) is 0 Å². The molecule has 0 atom stereocenters. The molecule has 1 aliphatic heterocycles. The zero-order chi connectivity index (χ0) is 24.4. The number of benzene rings is 2. The highest BCUT2D eigenvalue weighted by Crippen LogP contribution is 2.30. The van der Waals surface area contributed by atoms with Gasteiger partial charge in [-0.2, -0.15) is 13.2 Å². The lowest BCUT2D eigenvalue weighted by Gasteiger charge is -2.15. The van der Waals surface area contributed by atoms with E-state index in [4.69, 9.17) is 0 Å². The van der Waals surface area contributed by atoms with E-state index in [0.29, 0.717) is 0 Å². The highest BCUT2D eigenvalue weighted by molar-refractivity contribution is 6.07. The van der Waals surface area contributed by atoms with Crippen LogP contribution in [-0.4, -0.2) is 40.7 Å². The Hall–Kier alpha value is -3.89. The van der Waals surface area contributed by atoms with Crippen LogP contribution in [0.4, 0.5) is 29.3 Å². The first-order valence-corrected chi connectivity index (χ1v) is 9.89. The number of alkyl halides is 3. The zero-order valence-electron chi connectivity index (χ0n) is 17.7. The van der Waals surface area contributed by atoms with Crippen molar-refractivity contribution < 1.29 is 32.3 Å². The Bertz CT molecular complexity index is 1110. The number of rotatable bonds is 6. The summed E-state index contributed by atoms with van der Waals surface area (Å²) in [7, 11) is 0. The predicted molar refractivity (Wildman–Crippen MR) is 113 cm³/mol. The summed E-state index contributed by atoms with van der Waals surface area (Å²) in [5, 5.41) is 7.47. The quantitative estimate of drug-likeness (QED) is 0.570. The Labute approximate surface area is 187 Å². The second-order valence-electron chi connectivity index (χ2n) is 7.92. The first-order valence-electron chi connectivity index (χ1n) is 9.89. The van der Waals surface area contributed by atoms with Gasteiger partial charge in [0.25, 0.3) is 11.8 Å². The lowest BCUT2D eigenvalue weighted by atomic mass is 10.1. The topological polar surface area (TPSA) is 108 Å². The summed E-state index contributed by atoms with van der Waals surface area (Å²) >= 11 is 0. The van der Waals surface area contributed by atoms with Crippen LogP contribution in [0, 0.1) is 0 Å². The van der Waals surface area contributed by atoms with Crippen LogP contribution < -0.4 is 16.0 Å². The van der Waals surface area contributed by atoms with Crippen LogP contribution in [0.25, 0.3) is 0 Å². The number of carbonyl (C=O) groups excluding carboxylic acids is 4. The van der Waals surface area contributed by atoms with Crippen LogP contribution in [0.5, 0.6) is 0 Å². The Morgan fingerprint density at radius 3 is 2.24 bits per heavy atom. The number of halogens is 3. The van der Waals surface area contributed by atoms with E-state index in [9.17, 15) is 32.3 Å². The number of imide groups is 1. The molecule has 174 valence electrons. The van der Waals surface area contributed by atoms with E-state index in [1.807, 2.05) is 0 Å². The average Bonchev–Trinajstić information content (AvgIpc) is 2.92. The van der Waals surface area contributed by atoms with E-state index in [-0.39, 0.29) is 29.9 Å². The molecule has 1 heterocycles. The summed E-state index contributed by atoms with van der Waals surface area (Å²) in [6, 6.07) is 9.47. The Morgan fingerprint density at radius 2 is 1.64 bits per heavy atom. The number of hydrogen-bond donors (Lipinski definition) is 3. The SMILES string of the molecule is CC1(C)NC(=O)N(CCC(=O)Nc2cccc(C(=O)Nc3cccc(C(F)(F)F)c3)c2)C1=O. The second-order valence-corrected chi connectivity index (χ2v) is 7.92. The standard InChI is InChI=1S/C22H21F3N4O4/c1-21(2)19(32)29(20(33)28-21)10-9-17(30)26-15-7-3-5-13(11-15)18(31)27-16-8-4-6-14(12-16)22(23,24)25/h3-8,11-12H,9-10H2,1-2H3,(H,26,30)(H,27,31)(H,28,33). The molecule has 2 aromatic carbocycles. The largest absolute Gasteiger partial charge is 0.416 e. The van der Waals surface area contributed by atoms with Crippen LogP contribution in [-0.2, 0) is 15.8 Å². The molecule has 33 heavy (non-hydrogen) atoms. The Balaban J connectivity index is 1.60. The summed E-state index contributed by atoms with van der Waals surface area (Å²) in [5.74, 6) is -1.59. The van der Waals surface area contributed by atoms with Gasteiger partial charge in [0.1, 0.15) is 5.54 Å². The molecule has 0 unspecified atom stereocenters. The third-order valence-corrected chi connectivity index (χ3v) is 4.86. The van der Waals surface area contributed by atoms with Gasteiger partial charge in [0, 0.05) is 29.9 Å². The van der Waals surface area contributed by atoms with Crippen molar-refractivity contribution in [2.45, 2.75) is 32.0 Å². The fourth-order valence-corrected chi connectivity index (χ4v) is 3.17. The normalized spacial score (nSPS) is 15.2. The summed E-state index contributed by atoms with van der Waals surface area (Å²) in [5.41, 5.74) is -1.57. The first-order chi connectivity index (χ1) is 15.4. The van der Waals surface area contributed by atoms with Crippen molar-refractivity contribution in [3.63, 3.8) is 0 Å². The zero-order valence-corrected chi connectivity index (χ0v) is 17.7. The second kappa shape index (κ2) is 8.93. The maximum absolute atomic E-state index is 12.8. The van der Waals surface area contributed by atoms with Gasteiger partial charge >= 0.3 is 12.2 Å². The number of carbonyl (C=O) groups is 4. The predicted octanol–water partition coefficient (Wildman–Crippen LogP) is 3.62. The van der Waals surface area contributed by atoms with Crippen molar-refractivity contribution in [2.75, 3.05) is 17.2 Å². The lowest BCUT2D eigenvalue weighted by Crippen LogP contribution is -2.40. The van der Waals surface area contributed by atoms with Gasteiger partial charge in [-0.1, -0.05) is 12.1 Å². The highest BCUT2D eigenvalue weighted by atomic mass is 19.4. The number of urea groups is 1. The van der Waals surface area contributed by atoms with Crippen molar-refractivity contribution in [3.05, 3.63) is 59.7 Å². The van der Waals surface area contributed by atoms with Crippen LogP contribution in [0.2, 0.25) is 0 Å². The molecule has 2 aromatic rings. The fourth-order valence-electron chi connectivity index (χ4n) is 3.17. The molecule has 0 radical (unpaired) electrons. The number of nitrogens with zero attached hydrogens (tertiary/aromatic N) is 1. The molecular formula is C22H21F3N4O4. The monoisotopic (exact) mass is 462 g/mol. The number of anilines is 2. The minimum Gasteiger partial charge on any atom is -0.326 e. The van der Waals surface area contributed by atoms with Gasteiger partial charge in [0.05, 0.1) is 5.56 Å². The molecule has 1 aliphatic rings. The average molecular weight is 462 g/mol. The molecule has 8 nitrogen and oxygen atoms in total. The molecule has 0 saturated carbocycles. The summed E-state index contributed by atoms with van der Waals surface area (Å²) in [6.07, 6.45) is -4.70. The summed E-state index contributed by atoms with van der Waals surface area (Å²) in [4.78, 5) is 49.7. The van der Waals surface area contributed by atoms with Crippen molar-refractivity contribution in [2.24, 2.45) is 0 Å². The van der Waals surface area contributed by atoms with Crippen LogP contribution in [0.1, 0.15) is 36.2 Å². The third kappa shape index (κ3) is 5.68. The summed E-state index contributed by atoms with van der Waals surface area (Å²) in [6.45, 7) is 3.00. The molecule has 3 N–H and O–H groups in total. The van der Waals surface area contributed by atoms with Gasteiger partial charge in [0.2, 0.25) is 5.91 Å². The molecule has 0 bridgehead atoms. The number of amides is 5. The van der Waals surface area contributed by atoms with Gasteiger partial charge in [-0.3, -0.25) is 19.3 Å². The number of nitrogens with one attached hydrogen (secondary N) is 3. The first kappa shape index (κ1) is 23.8. The minimum absolute atomic E-state index is 0.0271. The molecule has 5 amide bonds. The smallest absolute Gasteiger partial charge is 0.326 e. The maximum Gasteiger partial charge on any atom is 0.416 e. The highest BCUT2D eigenvalue weighted by Gasteiger charge is 2.44. The lowest BCUT2D eigenvalue weighted by molar-refractivity contribution is -0.137. The minimum atomic E-state index is -4.54. The molecule has 3 rings (SSSR count). The molecule has 1 saturated heterocycles. The molecule has 0 spiro atoms. The van der Waals surface area contributed by atoms with Crippen molar-refractivity contribution in [1.82, 2.24) is 10.2 Å². The van der Waals surface area contributed by atoms with E-state index in [2.05, 4.69) is 16.0 Å². The van der Waals surface area contributed by atoms with Crippen molar-refractivity contribution >= 4 is 35.1 Å². The third-order valence-electron chi connectivity index (χ3n) is 4.86. The van der Waals surface area contributed by atoms with Gasteiger partial charge in [-0.25, -0.2) is 4.79 Å². The van der Waals surface area contributed by atoms with E-state index in [1.165, 1.54) is 36.4 Å². The maximum atomic E-state index is 12.8. The van der Waals surface area contributed by atoms with E-state index in [0.717, 1.165) is 17.0 Å². The van der Waals surface area contributed by atoms with Crippen molar-refractivity contribution in [1.29, 1.82) is 0 Å². The molecule has 11 heteroatoms. The molecule has 0 aliphatic carbocycles. The van der Waals surface area contributed by atoms with Gasteiger partial charge in [-0.15, -0.1) is 0 Å². The van der Waals surface area contributed by atoms with Crippen LogP contribution >= 0.6 is 0 Å². The van der Waals surface area contributed by atoms with E-state index in [1.54, 1.807) is 13.8 Å². The van der Waals surface area contributed by atoms with Gasteiger partial charge < -0.3 is 16.0 Å². The summed E-state index contributed by atoms with van der Waals surface area (Å²) < 4.78 is 38.5. The fraction of sp³-hybridized carbons (Fsp3) is 0.273. The van der Waals surface area contributed by atoms with E-state index >= 15 is 0 Å². The molecule has 0 aromatic heterocycles. The van der Waals surface area contributed by atoms with Crippen LogP contribution in [0.15, 0.2) is 48.5 Å². The van der Waals surface area contributed by atoms with Crippen molar-refractivity contribution in [3.8, 4) is 0 Å².